The third-order valence-corrected chi connectivity index (χ3v) is 3.30. The molecule has 1 aliphatic rings. The molecule has 1 rings (SSSR count). The number of rotatable bonds is 5. The van der Waals surface area contributed by atoms with E-state index in [1.807, 2.05) is 0 Å². The third-order valence-electron chi connectivity index (χ3n) is 3.30. The minimum absolute atomic E-state index is 0.0200. The molecule has 0 aromatic heterocycles. The summed E-state index contributed by atoms with van der Waals surface area (Å²) >= 11 is 0. The van der Waals surface area contributed by atoms with Crippen molar-refractivity contribution in [2.45, 2.75) is 44.2 Å². The van der Waals surface area contributed by atoms with Gasteiger partial charge in [-0.05, 0) is 19.3 Å². The highest BCUT2D eigenvalue weighted by atomic mass is 16.5. The van der Waals surface area contributed by atoms with E-state index in [1.165, 1.54) is 7.11 Å². The topological polar surface area (TPSA) is 119 Å². The number of carboxylic acids is 1. The van der Waals surface area contributed by atoms with Crippen molar-refractivity contribution in [1.29, 1.82) is 0 Å². The summed E-state index contributed by atoms with van der Waals surface area (Å²) in [6.45, 7) is 0. The van der Waals surface area contributed by atoms with E-state index >= 15 is 0 Å². The van der Waals surface area contributed by atoms with Gasteiger partial charge in [0.15, 0.2) is 0 Å². The number of nitrogens with one attached hydrogen (secondary N) is 1. The fraction of sp³-hybridized carbons (Fsp3) is 0.750. The molecule has 0 bridgehead atoms. The van der Waals surface area contributed by atoms with Crippen LogP contribution in [0.15, 0.2) is 0 Å². The van der Waals surface area contributed by atoms with E-state index in [1.54, 1.807) is 0 Å². The van der Waals surface area contributed by atoms with E-state index in [0.29, 0.717) is 12.8 Å². The van der Waals surface area contributed by atoms with Gasteiger partial charge in [-0.15, -0.1) is 0 Å². The van der Waals surface area contributed by atoms with Gasteiger partial charge >= 0.3 is 11.9 Å². The molecule has 108 valence electrons. The SMILES string of the molecule is COC(=O)C[C@H](NC(=O)C1CCCC(N)C1)C(=O)O. The van der Waals surface area contributed by atoms with Gasteiger partial charge in [0, 0.05) is 12.0 Å². The van der Waals surface area contributed by atoms with Crippen LogP contribution in [0, 0.1) is 5.92 Å². The van der Waals surface area contributed by atoms with Crippen LogP contribution < -0.4 is 11.1 Å². The molecule has 19 heavy (non-hydrogen) atoms. The molecule has 0 aromatic carbocycles. The Labute approximate surface area is 111 Å². The lowest BCUT2D eigenvalue weighted by Gasteiger charge is -2.26. The van der Waals surface area contributed by atoms with Crippen LogP contribution in [0.1, 0.15) is 32.1 Å². The minimum atomic E-state index is -1.25. The van der Waals surface area contributed by atoms with E-state index in [2.05, 4.69) is 10.1 Å². The lowest BCUT2D eigenvalue weighted by molar-refractivity contribution is -0.149. The summed E-state index contributed by atoms with van der Waals surface area (Å²) in [5, 5.41) is 11.3. The average molecular weight is 272 g/mol. The molecular formula is C12H20N2O5. The standard InChI is InChI=1S/C12H20N2O5/c1-19-10(15)6-9(12(17)18)14-11(16)7-3-2-4-8(13)5-7/h7-9H,2-6,13H2,1H3,(H,14,16)(H,17,18)/t7?,8?,9-/m0/s1. The highest BCUT2D eigenvalue weighted by Gasteiger charge is 2.30. The van der Waals surface area contributed by atoms with Crippen molar-refractivity contribution in [2.75, 3.05) is 7.11 Å². The van der Waals surface area contributed by atoms with Gasteiger partial charge in [0.2, 0.25) is 5.91 Å². The summed E-state index contributed by atoms with van der Waals surface area (Å²) in [6, 6.07) is -1.27. The zero-order chi connectivity index (χ0) is 14.4. The molecule has 0 heterocycles. The maximum absolute atomic E-state index is 11.9. The molecule has 1 aliphatic carbocycles. The summed E-state index contributed by atoms with van der Waals surface area (Å²) in [5.74, 6) is -2.55. The molecule has 0 saturated heterocycles. The Morgan fingerprint density at radius 3 is 2.63 bits per heavy atom. The fourth-order valence-corrected chi connectivity index (χ4v) is 2.21. The second-order valence-corrected chi connectivity index (χ2v) is 4.80. The number of aliphatic carboxylic acids is 1. The molecule has 0 radical (unpaired) electrons. The first-order valence-corrected chi connectivity index (χ1v) is 6.29. The molecule has 0 spiro atoms. The first-order chi connectivity index (χ1) is 8.93. The zero-order valence-electron chi connectivity index (χ0n) is 10.9. The van der Waals surface area contributed by atoms with Gasteiger partial charge in [0.1, 0.15) is 6.04 Å². The Bertz CT molecular complexity index is 358. The third kappa shape index (κ3) is 4.86. The van der Waals surface area contributed by atoms with Gasteiger partial charge in [-0.1, -0.05) is 6.42 Å². The Hall–Kier alpha value is -1.63. The van der Waals surface area contributed by atoms with Crippen LogP contribution in [-0.2, 0) is 19.1 Å². The van der Waals surface area contributed by atoms with Crippen LogP contribution in [0.4, 0.5) is 0 Å². The second kappa shape index (κ2) is 7.08. The van der Waals surface area contributed by atoms with E-state index in [0.717, 1.165) is 12.8 Å². The number of ether oxygens (including phenoxy) is 1. The Balaban J connectivity index is 2.55. The Morgan fingerprint density at radius 2 is 2.11 bits per heavy atom. The van der Waals surface area contributed by atoms with Gasteiger partial charge in [0.25, 0.3) is 0 Å². The number of amides is 1. The lowest BCUT2D eigenvalue weighted by Crippen LogP contribution is -2.46. The fourth-order valence-electron chi connectivity index (χ4n) is 2.21. The summed E-state index contributed by atoms with van der Waals surface area (Å²) < 4.78 is 4.40. The van der Waals surface area contributed by atoms with E-state index in [-0.39, 0.29) is 24.3 Å². The number of hydrogen-bond acceptors (Lipinski definition) is 5. The number of carbonyl (C=O) groups excluding carboxylic acids is 2. The van der Waals surface area contributed by atoms with E-state index in [9.17, 15) is 14.4 Å². The number of carboxylic acid groups (broad SMARTS) is 1. The van der Waals surface area contributed by atoms with Crippen LogP contribution in [-0.4, -0.2) is 42.1 Å². The maximum atomic E-state index is 11.9. The van der Waals surface area contributed by atoms with Crippen LogP contribution in [0.3, 0.4) is 0 Å². The van der Waals surface area contributed by atoms with Crippen LogP contribution in [0.2, 0.25) is 0 Å². The van der Waals surface area contributed by atoms with E-state index < -0.39 is 18.0 Å². The van der Waals surface area contributed by atoms with Crippen molar-refractivity contribution in [3.05, 3.63) is 0 Å². The van der Waals surface area contributed by atoms with Crippen molar-refractivity contribution in [3.8, 4) is 0 Å². The van der Waals surface area contributed by atoms with Crippen LogP contribution in [0.5, 0.6) is 0 Å². The van der Waals surface area contributed by atoms with E-state index in [4.69, 9.17) is 10.8 Å². The van der Waals surface area contributed by atoms with Crippen LogP contribution >= 0.6 is 0 Å². The molecule has 1 saturated carbocycles. The summed E-state index contributed by atoms with van der Waals surface area (Å²) in [4.78, 5) is 34.0. The molecule has 2 unspecified atom stereocenters. The molecule has 0 aliphatic heterocycles. The zero-order valence-corrected chi connectivity index (χ0v) is 10.9. The molecule has 0 aromatic rings. The van der Waals surface area contributed by atoms with Gasteiger partial charge in [-0.3, -0.25) is 9.59 Å². The Morgan fingerprint density at radius 1 is 1.42 bits per heavy atom. The lowest BCUT2D eigenvalue weighted by atomic mass is 9.85. The summed E-state index contributed by atoms with van der Waals surface area (Å²) in [5.41, 5.74) is 5.79. The molecule has 7 nitrogen and oxygen atoms in total. The molecule has 7 heteroatoms. The van der Waals surface area contributed by atoms with Gasteiger partial charge in [-0.25, -0.2) is 4.79 Å². The Kier molecular flexibility index (Phi) is 5.75. The predicted molar refractivity (Wildman–Crippen MR) is 66.1 cm³/mol. The van der Waals surface area contributed by atoms with Crippen molar-refractivity contribution in [3.63, 3.8) is 0 Å². The number of carbonyl (C=O) groups is 3. The minimum Gasteiger partial charge on any atom is -0.480 e. The predicted octanol–water partition coefficient (Wildman–Crippen LogP) is -0.364. The number of hydrogen-bond donors (Lipinski definition) is 3. The summed E-state index contributed by atoms with van der Waals surface area (Å²) in [6.07, 6.45) is 2.61. The quantitative estimate of drug-likeness (QED) is 0.588. The molecule has 1 fully saturated rings. The van der Waals surface area contributed by atoms with Gasteiger partial charge in [-0.2, -0.15) is 0 Å². The number of nitrogens with two attached hydrogens (primary N) is 1. The highest BCUT2D eigenvalue weighted by Crippen LogP contribution is 2.23. The summed E-state index contributed by atoms with van der Waals surface area (Å²) in [7, 11) is 1.17. The first kappa shape index (κ1) is 15.4. The first-order valence-electron chi connectivity index (χ1n) is 6.29. The van der Waals surface area contributed by atoms with Crippen molar-refractivity contribution in [2.24, 2.45) is 11.7 Å². The van der Waals surface area contributed by atoms with Crippen LogP contribution in [0.25, 0.3) is 0 Å². The largest absolute Gasteiger partial charge is 0.480 e. The van der Waals surface area contributed by atoms with Crippen molar-refractivity contribution >= 4 is 17.8 Å². The van der Waals surface area contributed by atoms with Gasteiger partial charge in [0.05, 0.1) is 13.5 Å². The average Bonchev–Trinajstić information content (AvgIpc) is 2.37. The van der Waals surface area contributed by atoms with Crippen molar-refractivity contribution in [1.82, 2.24) is 5.32 Å². The molecule has 4 N–H and O–H groups in total. The normalized spacial score (nSPS) is 24.3. The monoisotopic (exact) mass is 272 g/mol. The molecule has 1 amide bonds. The molecule has 3 atom stereocenters. The smallest absolute Gasteiger partial charge is 0.326 e. The number of methoxy groups -OCH3 is 1. The number of esters is 1. The van der Waals surface area contributed by atoms with Crippen molar-refractivity contribution < 1.29 is 24.2 Å². The second-order valence-electron chi connectivity index (χ2n) is 4.80. The maximum Gasteiger partial charge on any atom is 0.326 e. The molecular weight excluding hydrogens is 252 g/mol. The highest BCUT2D eigenvalue weighted by molar-refractivity contribution is 5.88. The van der Waals surface area contributed by atoms with Gasteiger partial charge < -0.3 is 20.9 Å².